The van der Waals surface area contributed by atoms with E-state index in [2.05, 4.69) is 15.6 Å². The zero-order chi connectivity index (χ0) is 23.1. The molecule has 0 saturated carbocycles. The van der Waals surface area contributed by atoms with Crippen molar-refractivity contribution in [1.82, 2.24) is 14.9 Å². The van der Waals surface area contributed by atoms with E-state index in [-0.39, 0.29) is 30.7 Å². The van der Waals surface area contributed by atoms with Gasteiger partial charge in [0.2, 0.25) is 11.8 Å². The molecule has 3 N–H and O–H groups in total. The number of nitrogens with zero attached hydrogens (tertiary/aromatic N) is 2. The summed E-state index contributed by atoms with van der Waals surface area (Å²) >= 11 is 7.29. The van der Waals surface area contributed by atoms with E-state index in [1.807, 2.05) is 44.2 Å². The zero-order valence-electron chi connectivity index (χ0n) is 17.9. The van der Waals surface area contributed by atoms with E-state index in [1.165, 1.54) is 18.0 Å². The molecule has 3 aromatic rings. The summed E-state index contributed by atoms with van der Waals surface area (Å²) < 4.78 is 1.62. The van der Waals surface area contributed by atoms with Crippen LogP contribution < -0.4 is 10.6 Å². The first-order chi connectivity index (χ1) is 15.4. The Balaban J connectivity index is 1.57. The summed E-state index contributed by atoms with van der Waals surface area (Å²) in [4.78, 5) is 29.1. The molecule has 2 aromatic carbocycles. The maximum Gasteiger partial charge on any atom is 0.240 e. The van der Waals surface area contributed by atoms with Crippen LogP contribution in [-0.4, -0.2) is 32.2 Å². The Labute approximate surface area is 196 Å². The summed E-state index contributed by atoms with van der Waals surface area (Å²) in [6.45, 7) is 4.05. The van der Waals surface area contributed by atoms with Crippen molar-refractivity contribution in [2.45, 2.75) is 38.7 Å². The van der Waals surface area contributed by atoms with Crippen molar-refractivity contribution < 1.29 is 14.7 Å². The highest BCUT2D eigenvalue weighted by molar-refractivity contribution is 7.99. The molecule has 0 fully saturated rings. The third kappa shape index (κ3) is 6.59. The highest BCUT2D eigenvalue weighted by atomic mass is 35.5. The topological polar surface area (TPSA) is 96.2 Å². The second-order valence-corrected chi connectivity index (χ2v) is 8.69. The number of aliphatic hydroxyl groups excluding tert-OH is 1. The maximum atomic E-state index is 12.5. The molecule has 0 aliphatic heterocycles. The fourth-order valence-electron chi connectivity index (χ4n) is 2.91. The molecule has 3 rings (SSSR count). The largest absolute Gasteiger partial charge is 0.390 e. The molecule has 0 bridgehead atoms. The van der Waals surface area contributed by atoms with Crippen LogP contribution in [0.2, 0.25) is 5.02 Å². The fourth-order valence-corrected chi connectivity index (χ4v) is 3.88. The van der Waals surface area contributed by atoms with E-state index in [0.717, 1.165) is 16.7 Å². The summed E-state index contributed by atoms with van der Waals surface area (Å²) in [7, 11) is 0. The maximum absolute atomic E-state index is 12.5. The molecule has 0 radical (unpaired) electrons. The van der Waals surface area contributed by atoms with Crippen molar-refractivity contribution in [2.75, 3.05) is 11.1 Å². The number of aliphatic hydroxyl groups is 1. The normalized spacial score (nSPS) is 10.8. The number of imidazole rings is 1. The molecule has 0 spiro atoms. The van der Waals surface area contributed by atoms with Crippen molar-refractivity contribution in [1.29, 1.82) is 0 Å². The number of carbonyl (C=O) groups excluding carboxylic acids is 2. The van der Waals surface area contributed by atoms with Crippen LogP contribution in [-0.2, 0) is 29.3 Å². The number of thioether (sulfide) groups is 1. The Morgan fingerprint density at radius 3 is 2.56 bits per heavy atom. The Hall–Kier alpha value is -2.81. The van der Waals surface area contributed by atoms with Gasteiger partial charge in [0.25, 0.3) is 0 Å². The number of amides is 2. The molecule has 0 unspecified atom stereocenters. The van der Waals surface area contributed by atoms with Crippen LogP contribution in [0, 0.1) is 13.8 Å². The van der Waals surface area contributed by atoms with Gasteiger partial charge in [-0.15, -0.1) is 0 Å². The van der Waals surface area contributed by atoms with Gasteiger partial charge in [0.1, 0.15) is 6.54 Å². The van der Waals surface area contributed by atoms with E-state index >= 15 is 0 Å². The van der Waals surface area contributed by atoms with Crippen molar-refractivity contribution in [3.05, 3.63) is 76.1 Å². The molecule has 1 aromatic heterocycles. The average Bonchev–Trinajstić information content (AvgIpc) is 3.16. The number of hydrogen-bond acceptors (Lipinski definition) is 5. The summed E-state index contributed by atoms with van der Waals surface area (Å²) in [5, 5.41) is 16.3. The molecule has 2 amide bonds. The van der Waals surface area contributed by atoms with Crippen LogP contribution in [0.3, 0.4) is 0 Å². The lowest BCUT2D eigenvalue weighted by atomic mass is 10.1. The van der Waals surface area contributed by atoms with Crippen LogP contribution >= 0.6 is 23.4 Å². The standard InChI is InChI=1S/C23H25ClN4O3S/c1-15-3-6-17(7-4-15)10-25-21(30)12-28-19(13-29)11-26-23(28)32-14-22(31)27-18-8-5-16(2)20(24)9-18/h3-9,11,29H,10,12-14H2,1-2H3,(H,25,30)(H,27,31). The molecule has 1 heterocycles. The molecule has 0 saturated heterocycles. The Bertz CT molecular complexity index is 1100. The van der Waals surface area contributed by atoms with E-state index in [1.54, 1.807) is 16.7 Å². The number of aryl methyl sites for hydroxylation is 2. The lowest BCUT2D eigenvalue weighted by Gasteiger charge is -2.12. The van der Waals surface area contributed by atoms with Gasteiger partial charge in [-0.3, -0.25) is 9.59 Å². The monoisotopic (exact) mass is 472 g/mol. The number of halogens is 1. The molecular formula is C23H25ClN4O3S. The van der Waals surface area contributed by atoms with Crippen LogP contribution in [0.4, 0.5) is 5.69 Å². The van der Waals surface area contributed by atoms with Gasteiger partial charge in [0.05, 0.1) is 24.3 Å². The first-order valence-electron chi connectivity index (χ1n) is 10.0. The fraction of sp³-hybridized carbons (Fsp3) is 0.261. The number of benzene rings is 2. The SMILES string of the molecule is Cc1ccc(CNC(=O)Cn2c(CO)cnc2SCC(=O)Nc2ccc(C)c(Cl)c2)cc1. The number of hydrogen-bond donors (Lipinski definition) is 3. The van der Waals surface area contributed by atoms with Crippen molar-refractivity contribution in [3.8, 4) is 0 Å². The van der Waals surface area contributed by atoms with Crippen LogP contribution in [0.1, 0.15) is 22.4 Å². The first kappa shape index (κ1) is 23.8. The van der Waals surface area contributed by atoms with Gasteiger partial charge in [-0.05, 0) is 37.1 Å². The number of nitrogens with one attached hydrogen (secondary N) is 2. The van der Waals surface area contributed by atoms with Gasteiger partial charge in [-0.1, -0.05) is 59.3 Å². The number of anilines is 1. The van der Waals surface area contributed by atoms with Crippen molar-refractivity contribution in [2.24, 2.45) is 0 Å². The summed E-state index contributed by atoms with van der Waals surface area (Å²) in [6, 6.07) is 13.2. The quantitative estimate of drug-likeness (QED) is 0.413. The van der Waals surface area contributed by atoms with Crippen molar-refractivity contribution >= 4 is 40.9 Å². The van der Waals surface area contributed by atoms with Gasteiger partial charge in [0.15, 0.2) is 5.16 Å². The summed E-state index contributed by atoms with van der Waals surface area (Å²) in [5.74, 6) is -0.337. The van der Waals surface area contributed by atoms with E-state index < -0.39 is 0 Å². The number of aromatic nitrogens is 2. The molecular weight excluding hydrogens is 448 g/mol. The zero-order valence-corrected chi connectivity index (χ0v) is 19.5. The van der Waals surface area contributed by atoms with Gasteiger partial charge in [-0.25, -0.2) is 4.98 Å². The Kier molecular flexibility index (Phi) is 8.33. The third-order valence-corrected chi connectivity index (χ3v) is 6.16. The first-order valence-corrected chi connectivity index (χ1v) is 11.4. The minimum absolute atomic E-state index is 0.000717. The number of carbonyl (C=O) groups is 2. The lowest BCUT2D eigenvalue weighted by molar-refractivity contribution is -0.122. The molecule has 0 aliphatic rings. The van der Waals surface area contributed by atoms with Crippen LogP contribution in [0.5, 0.6) is 0 Å². The Morgan fingerprint density at radius 2 is 1.88 bits per heavy atom. The molecule has 168 valence electrons. The molecule has 7 nitrogen and oxygen atoms in total. The molecule has 32 heavy (non-hydrogen) atoms. The second-order valence-electron chi connectivity index (χ2n) is 7.34. The second kappa shape index (κ2) is 11.2. The third-order valence-electron chi connectivity index (χ3n) is 4.76. The van der Waals surface area contributed by atoms with Gasteiger partial charge in [-0.2, -0.15) is 0 Å². The average molecular weight is 473 g/mol. The highest BCUT2D eigenvalue weighted by Crippen LogP contribution is 2.22. The minimum atomic E-state index is -0.257. The summed E-state index contributed by atoms with van der Waals surface area (Å²) in [6.07, 6.45) is 1.51. The van der Waals surface area contributed by atoms with Gasteiger partial charge < -0.3 is 20.3 Å². The molecule has 9 heteroatoms. The van der Waals surface area contributed by atoms with E-state index in [0.29, 0.717) is 28.1 Å². The van der Waals surface area contributed by atoms with E-state index in [4.69, 9.17) is 11.6 Å². The Morgan fingerprint density at radius 1 is 1.12 bits per heavy atom. The van der Waals surface area contributed by atoms with Crippen LogP contribution in [0.15, 0.2) is 53.8 Å². The highest BCUT2D eigenvalue weighted by Gasteiger charge is 2.15. The van der Waals surface area contributed by atoms with Gasteiger partial charge in [0, 0.05) is 17.3 Å². The smallest absolute Gasteiger partial charge is 0.240 e. The summed E-state index contributed by atoms with van der Waals surface area (Å²) in [5.41, 5.74) is 4.20. The minimum Gasteiger partial charge on any atom is -0.390 e. The van der Waals surface area contributed by atoms with Crippen LogP contribution in [0.25, 0.3) is 0 Å². The predicted molar refractivity (Wildman–Crippen MR) is 127 cm³/mol. The van der Waals surface area contributed by atoms with E-state index in [9.17, 15) is 14.7 Å². The predicted octanol–water partition coefficient (Wildman–Crippen LogP) is 3.69. The molecule has 0 atom stereocenters. The van der Waals surface area contributed by atoms with Crippen molar-refractivity contribution in [3.63, 3.8) is 0 Å². The molecule has 0 aliphatic carbocycles. The van der Waals surface area contributed by atoms with Gasteiger partial charge >= 0.3 is 0 Å². The number of rotatable bonds is 9. The lowest BCUT2D eigenvalue weighted by Crippen LogP contribution is -2.28.